The number of hydroxylamine groups is 1. The SMILES string of the molecule is CN(c1ccc(CN2CCC=C(CCC(=O)NO)C2=O)cc1)S(C)(=O)=O. The third kappa shape index (κ3) is 5.06. The van der Waals surface area contributed by atoms with E-state index in [1.54, 1.807) is 34.6 Å². The molecule has 0 bridgehead atoms. The number of hydrogen-bond acceptors (Lipinski definition) is 5. The molecule has 1 aromatic carbocycles. The zero-order chi connectivity index (χ0) is 19.3. The van der Waals surface area contributed by atoms with Gasteiger partial charge in [-0.05, 0) is 30.5 Å². The molecule has 2 rings (SSSR count). The van der Waals surface area contributed by atoms with Crippen LogP contribution in [0, 0.1) is 0 Å². The molecule has 26 heavy (non-hydrogen) atoms. The predicted octanol–water partition coefficient (Wildman–Crippen LogP) is 1.03. The highest BCUT2D eigenvalue weighted by atomic mass is 32.2. The van der Waals surface area contributed by atoms with Crippen LogP contribution in [0.15, 0.2) is 35.9 Å². The highest BCUT2D eigenvalue weighted by Crippen LogP contribution is 2.21. The number of amides is 2. The Morgan fingerprint density at radius 1 is 1.31 bits per heavy atom. The van der Waals surface area contributed by atoms with Crippen molar-refractivity contribution in [2.75, 3.05) is 24.2 Å². The maximum Gasteiger partial charge on any atom is 0.249 e. The van der Waals surface area contributed by atoms with Crippen LogP contribution in [0.2, 0.25) is 0 Å². The molecular formula is C17H23N3O5S. The van der Waals surface area contributed by atoms with E-state index in [1.807, 2.05) is 6.08 Å². The summed E-state index contributed by atoms with van der Waals surface area (Å²) in [6, 6.07) is 6.99. The molecule has 0 spiro atoms. The Bertz CT molecular complexity index is 802. The number of benzene rings is 1. The van der Waals surface area contributed by atoms with Crippen molar-refractivity contribution in [1.29, 1.82) is 0 Å². The summed E-state index contributed by atoms with van der Waals surface area (Å²) >= 11 is 0. The highest BCUT2D eigenvalue weighted by molar-refractivity contribution is 7.92. The number of sulfonamides is 1. The first-order valence-electron chi connectivity index (χ1n) is 8.16. The molecule has 0 atom stereocenters. The number of rotatable bonds is 7. The van der Waals surface area contributed by atoms with Crippen LogP contribution in [-0.2, 0) is 26.2 Å². The average Bonchev–Trinajstić information content (AvgIpc) is 2.61. The molecule has 8 nitrogen and oxygen atoms in total. The summed E-state index contributed by atoms with van der Waals surface area (Å²) in [5.74, 6) is -0.652. The van der Waals surface area contributed by atoms with Crippen molar-refractivity contribution < 1.29 is 23.2 Å². The third-order valence-corrected chi connectivity index (χ3v) is 5.47. The maximum absolute atomic E-state index is 12.5. The van der Waals surface area contributed by atoms with Gasteiger partial charge in [0.1, 0.15) is 0 Å². The van der Waals surface area contributed by atoms with Crippen LogP contribution < -0.4 is 9.79 Å². The van der Waals surface area contributed by atoms with Crippen LogP contribution in [0.4, 0.5) is 5.69 Å². The van der Waals surface area contributed by atoms with Crippen molar-refractivity contribution in [3.63, 3.8) is 0 Å². The second-order valence-electron chi connectivity index (χ2n) is 6.18. The van der Waals surface area contributed by atoms with Gasteiger partial charge in [0.25, 0.3) is 0 Å². The molecule has 0 aromatic heterocycles. The molecule has 1 heterocycles. The molecule has 0 fully saturated rings. The van der Waals surface area contributed by atoms with Crippen LogP contribution in [0.5, 0.6) is 0 Å². The van der Waals surface area contributed by atoms with Crippen molar-refractivity contribution >= 4 is 27.5 Å². The van der Waals surface area contributed by atoms with Gasteiger partial charge in [-0.3, -0.25) is 19.1 Å². The largest absolute Gasteiger partial charge is 0.334 e. The number of carbonyl (C=O) groups excluding carboxylic acids is 2. The monoisotopic (exact) mass is 381 g/mol. The summed E-state index contributed by atoms with van der Waals surface area (Å²) in [4.78, 5) is 25.3. The van der Waals surface area contributed by atoms with Gasteiger partial charge >= 0.3 is 0 Å². The lowest BCUT2D eigenvalue weighted by molar-refractivity contribution is -0.129. The molecule has 0 unspecified atom stereocenters. The van der Waals surface area contributed by atoms with Gasteiger partial charge in [-0.15, -0.1) is 0 Å². The van der Waals surface area contributed by atoms with Gasteiger partial charge in [0.05, 0.1) is 11.9 Å². The van der Waals surface area contributed by atoms with E-state index in [4.69, 9.17) is 5.21 Å². The van der Waals surface area contributed by atoms with Gasteiger partial charge in [-0.2, -0.15) is 0 Å². The summed E-state index contributed by atoms with van der Waals surface area (Å²) in [5.41, 5.74) is 3.56. The molecule has 142 valence electrons. The van der Waals surface area contributed by atoms with E-state index in [2.05, 4.69) is 0 Å². The molecule has 0 aliphatic carbocycles. The zero-order valence-electron chi connectivity index (χ0n) is 14.8. The first-order valence-corrected chi connectivity index (χ1v) is 10.0. The topological polar surface area (TPSA) is 107 Å². The van der Waals surface area contributed by atoms with Gasteiger partial charge in [-0.25, -0.2) is 13.9 Å². The highest BCUT2D eigenvalue weighted by Gasteiger charge is 2.22. The molecule has 1 aliphatic rings. The van der Waals surface area contributed by atoms with Crippen LogP contribution in [0.3, 0.4) is 0 Å². The average molecular weight is 381 g/mol. The maximum atomic E-state index is 12.5. The van der Waals surface area contributed by atoms with E-state index in [0.717, 1.165) is 11.8 Å². The minimum Gasteiger partial charge on any atom is -0.334 e. The Morgan fingerprint density at radius 2 is 1.96 bits per heavy atom. The van der Waals surface area contributed by atoms with Gasteiger partial charge in [0.2, 0.25) is 21.8 Å². The number of hydrogen-bond donors (Lipinski definition) is 2. The number of anilines is 1. The van der Waals surface area contributed by atoms with Crippen LogP contribution >= 0.6 is 0 Å². The smallest absolute Gasteiger partial charge is 0.249 e. The Kier molecular flexibility index (Phi) is 6.38. The van der Waals surface area contributed by atoms with Crippen molar-refractivity contribution in [2.45, 2.75) is 25.8 Å². The van der Waals surface area contributed by atoms with Crippen LogP contribution in [-0.4, -0.2) is 50.2 Å². The van der Waals surface area contributed by atoms with Gasteiger partial charge < -0.3 is 4.90 Å². The molecular weight excluding hydrogens is 358 g/mol. The second-order valence-corrected chi connectivity index (χ2v) is 8.19. The number of carbonyl (C=O) groups is 2. The Morgan fingerprint density at radius 3 is 2.54 bits per heavy atom. The number of nitrogens with zero attached hydrogens (tertiary/aromatic N) is 2. The van der Waals surface area contributed by atoms with Crippen molar-refractivity contribution in [3.05, 3.63) is 41.5 Å². The third-order valence-electron chi connectivity index (χ3n) is 4.27. The molecule has 1 aliphatic heterocycles. The van der Waals surface area contributed by atoms with E-state index in [9.17, 15) is 18.0 Å². The Hall–Kier alpha value is -2.39. The van der Waals surface area contributed by atoms with Crippen LogP contribution in [0.25, 0.3) is 0 Å². The lowest BCUT2D eigenvalue weighted by Gasteiger charge is -2.27. The van der Waals surface area contributed by atoms with Gasteiger partial charge in [0.15, 0.2) is 0 Å². The summed E-state index contributed by atoms with van der Waals surface area (Å²) in [7, 11) is -1.83. The van der Waals surface area contributed by atoms with E-state index >= 15 is 0 Å². The van der Waals surface area contributed by atoms with E-state index in [1.165, 1.54) is 11.4 Å². The van der Waals surface area contributed by atoms with Crippen molar-refractivity contribution in [2.24, 2.45) is 0 Å². The first kappa shape index (κ1) is 19.9. The minimum atomic E-state index is -3.32. The van der Waals surface area contributed by atoms with Gasteiger partial charge in [0, 0.05) is 32.1 Å². The predicted molar refractivity (Wildman–Crippen MR) is 97.0 cm³/mol. The van der Waals surface area contributed by atoms with E-state index in [-0.39, 0.29) is 18.7 Å². The van der Waals surface area contributed by atoms with Crippen molar-refractivity contribution in [1.82, 2.24) is 10.4 Å². The summed E-state index contributed by atoms with van der Waals surface area (Å²) in [6.45, 7) is 0.991. The lowest BCUT2D eigenvalue weighted by atomic mass is 10.0. The molecule has 9 heteroatoms. The van der Waals surface area contributed by atoms with Gasteiger partial charge in [-0.1, -0.05) is 18.2 Å². The van der Waals surface area contributed by atoms with E-state index < -0.39 is 15.9 Å². The molecule has 1 aromatic rings. The standard InChI is InChI=1S/C17H23N3O5S/c1-19(26(2,24)25)15-8-5-13(6-9-15)12-20-11-3-4-14(17(20)22)7-10-16(21)18-23/h4-6,8-9,23H,3,7,10-12H2,1-2H3,(H,18,21). The van der Waals surface area contributed by atoms with Crippen LogP contribution in [0.1, 0.15) is 24.8 Å². The number of nitrogens with one attached hydrogen (secondary N) is 1. The fourth-order valence-electron chi connectivity index (χ4n) is 2.67. The zero-order valence-corrected chi connectivity index (χ0v) is 15.6. The molecule has 0 radical (unpaired) electrons. The first-order chi connectivity index (χ1) is 12.2. The Labute approximate surface area is 153 Å². The van der Waals surface area contributed by atoms with E-state index in [0.29, 0.717) is 30.8 Å². The lowest BCUT2D eigenvalue weighted by Crippen LogP contribution is -2.35. The summed E-state index contributed by atoms with van der Waals surface area (Å²) in [5, 5.41) is 8.53. The Balaban J connectivity index is 2.01. The second kappa shape index (κ2) is 8.33. The normalized spacial score (nSPS) is 14.8. The minimum absolute atomic E-state index is 0.0500. The molecule has 0 saturated heterocycles. The molecule has 0 saturated carbocycles. The van der Waals surface area contributed by atoms with Crippen molar-refractivity contribution in [3.8, 4) is 0 Å². The quantitative estimate of drug-likeness (QED) is 0.542. The fourth-order valence-corrected chi connectivity index (χ4v) is 3.18. The molecule has 2 N–H and O–H groups in total. The fraction of sp³-hybridized carbons (Fsp3) is 0.412. The summed E-state index contributed by atoms with van der Waals surface area (Å²) < 4.78 is 24.3. The molecule has 2 amide bonds. The summed E-state index contributed by atoms with van der Waals surface area (Å²) in [6.07, 6.45) is 4.00.